The summed E-state index contributed by atoms with van der Waals surface area (Å²) in [6, 6.07) is 3.41. The topological polar surface area (TPSA) is 35.2 Å². The molecule has 4 heteroatoms. The molecule has 2 nitrogen and oxygen atoms in total. The van der Waals surface area contributed by atoms with Gasteiger partial charge in [0.1, 0.15) is 0 Å². The number of rotatable bonds is 6. The van der Waals surface area contributed by atoms with Crippen LogP contribution in [0.3, 0.4) is 0 Å². The Bertz CT molecular complexity index is 344. The number of hydrogen-bond acceptors (Lipinski definition) is 2. The van der Waals surface area contributed by atoms with Crippen LogP contribution in [0.5, 0.6) is 5.75 Å². The van der Waals surface area contributed by atoms with Crippen LogP contribution < -0.4 is 10.5 Å². The highest BCUT2D eigenvalue weighted by Crippen LogP contribution is 2.28. The first kappa shape index (κ1) is 13.5. The molecule has 0 heterocycles. The summed E-state index contributed by atoms with van der Waals surface area (Å²) in [5.74, 6) is -0.0698. The fourth-order valence-corrected chi connectivity index (χ4v) is 1.86. The van der Waals surface area contributed by atoms with Crippen LogP contribution in [-0.2, 0) is 6.54 Å². The van der Waals surface area contributed by atoms with Gasteiger partial charge in [-0.3, -0.25) is 0 Å². The average Bonchev–Trinajstić information content (AvgIpc) is 2.30. The van der Waals surface area contributed by atoms with E-state index in [1.165, 1.54) is 0 Å². The molecule has 1 rings (SSSR count). The molecule has 1 aromatic rings. The predicted molar refractivity (Wildman–Crippen MR) is 67.0 cm³/mol. The smallest absolute Gasteiger partial charge is 0.179 e. The van der Waals surface area contributed by atoms with Crippen molar-refractivity contribution in [3.8, 4) is 5.75 Å². The minimum Gasteiger partial charge on any atom is -0.490 e. The third-order valence-corrected chi connectivity index (χ3v) is 3.21. The molecule has 0 fully saturated rings. The molecule has 0 aliphatic heterocycles. The summed E-state index contributed by atoms with van der Waals surface area (Å²) in [6.07, 6.45) is 3.18. The summed E-state index contributed by atoms with van der Waals surface area (Å²) in [5.41, 5.74) is 6.22. The molecule has 0 radical (unpaired) electrons. The second kappa shape index (κ2) is 6.86. The van der Waals surface area contributed by atoms with Crippen molar-refractivity contribution < 1.29 is 9.13 Å². The molecule has 0 spiro atoms. The molecule has 1 aromatic carbocycles. The molecule has 0 unspecified atom stereocenters. The van der Waals surface area contributed by atoms with Crippen LogP contribution in [0.4, 0.5) is 4.39 Å². The zero-order chi connectivity index (χ0) is 12.0. The maximum Gasteiger partial charge on any atom is 0.179 e. The molecule has 0 aromatic heterocycles. The van der Waals surface area contributed by atoms with Gasteiger partial charge in [-0.2, -0.15) is 0 Å². The van der Waals surface area contributed by atoms with Crippen molar-refractivity contribution in [1.82, 2.24) is 0 Å². The summed E-state index contributed by atoms with van der Waals surface area (Å²) in [4.78, 5) is 0. The van der Waals surface area contributed by atoms with Crippen molar-refractivity contribution in [2.75, 3.05) is 6.61 Å². The highest BCUT2D eigenvalue weighted by Gasteiger charge is 2.11. The van der Waals surface area contributed by atoms with Crippen molar-refractivity contribution >= 4 is 15.9 Å². The van der Waals surface area contributed by atoms with E-state index in [1.807, 2.05) is 0 Å². The second-order valence-electron chi connectivity index (χ2n) is 3.61. The Morgan fingerprint density at radius 1 is 1.38 bits per heavy atom. The first-order chi connectivity index (χ1) is 7.70. The third kappa shape index (κ3) is 3.46. The van der Waals surface area contributed by atoms with Crippen molar-refractivity contribution in [2.24, 2.45) is 5.73 Å². The van der Waals surface area contributed by atoms with E-state index in [1.54, 1.807) is 12.1 Å². The highest BCUT2D eigenvalue weighted by molar-refractivity contribution is 9.10. The lowest BCUT2D eigenvalue weighted by atomic mass is 10.2. The molecule has 0 bridgehead atoms. The van der Waals surface area contributed by atoms with E-state index in [9.17, 15) is 4.39 Å². The molecular weight excluding hydrogens is 273 g/mol. The fraction of sp³-hybridized carbons (Fsp3) is 0.500. The predicted octanol–water partition coefficient (Wildman–Crippen LogP) is 3.62. The molecule has 0 aliphatic rings. The van der Waals surface area contributed by atoms with Crippen molar-refractivity contribution in [2.45, 2.75) is 32.7 Å². The Labute approximate surface area is 104 Å². The maximum absolute atomic E-state index is 13.7. The van der Waals surface area contributed by atoms with E-state index >= 15 is 0 Å². The Morgan fingerprint density at radius 2 is 2.12 bits per heavy atom. The van der Waals surface area contributed by atoms with Crippen molar-refractivity contribution in [1.29, 1.82) is 0 Å². The van der Waals surface area contributed by atoms with Gasteiger partial charge in [0, 0.05) is 6.54 Å². The number of halogens is 2. The summed E-state index contributed by atoms with van der Waals surface area (Å²) >= 11 is 3.18. The van der Waals surface area contributed by atoms with Gasteiger partial charge in [-0.1, -0.05) is 25.8 Å². The second-order valence-corrected chi connectivity index (χ2v) is 4.40. The molecule has 0 amide bonds. The first-order valence-electron chi connectivity index (χ1n) is 5.50. The first-order valence-corrected chi connectivity index (χ1v) is 6.29. The van der Waals surface area contributed by atoms with Gasteiger partial charge in [0.15, 0.2) is 11.6 Å². The monoisotopic (exact) mass is 289 g/mol. The average molecular weight is 290 g/mol. The van der Waals surface area contributed by atoms with Crippen LogP contribution in [-0.4, -0.2) is 6.61 Å². The minimum absolute atomic E-state index is 0.292. The van der Waals surface area contributed by atoms with Gasteiger partial charge in [0.2, 0.25) is 0 Å². The van der Waals surface area contributed by atoms with E-state index in [-0.39, 0.29) is 5.82 Å². The van der Waals surface area contributed by atoms with Crippen molar-refractivity contribution in [3.05, 3.63) is 28.0 Å². The summed E-state index contributed by atoms with van der Waals surface area (Å²) < 4.78 is 19.5. The number of benzene rings is 1. The summed E-state index contributed by atoms with van der Waals surface area (Å²) in [5, 5.41) is 0. The molecule has 0 saturated heterocycles. The van der Waals surface area contributed by atoms with Gasteiger partial charge in [-0.25, -0.2) is 4.39 Å². The van der Waals surface area contributed by atoms with Crippen LogP contribution >= 0.6 is 15.9 Å². The molecular formula is C12H17BrFNO. The van der Waals surface area contributed by atoms with Crippen LogP contribution in [0.25, 0.3) is 0 Å². The third-order valence-electron chi connectivity index (χ3n) is 2.35. The summed E-state index contributed by atoms with van der Waals surface area (Å²) in [7, 11) is 0. The largest absolute Gasteiger partial charge is 0.490 e. The van der Waals surface area contributed by atoms with Gasteiger partial charge in [-0.15, -0.1) is 0 Å². The Kier molecular flexibility index (Phi) is 5.77. The van der Waals surface area contributed by atoms with Crippen LogP contribution in [0, 0.1) is 5.82 Å². The van der Waals surface area contributed by atoms with Crippen LogP contribution in [0.1, 0.15) is 31.7 Å². The molecule has 0 aliphatic carbocycles. The lowest BCUT2D eigenvalue weighted by Gasteiger charge is -2.10. The number of ether oxygens (including phenoxy) is 1. The zero-order valence-electron chi connectivity index (χ0n) is 9.43. The molecule has 90 valence electrons. The normalized spacial score (nSPS) is 10.5. The van der Waals surface area contributed by atoms with Crippen molar-refractivity contribution in [3.63, 3.8) is 0 Å². The van der Waals surface area contributed by atoms with Gasteiger partial charge in [0.05, 0.1) is 11.1 Å². The Morgan fingerprint density at radius 3 is 2.75 bits per heavy atom. The quantitative estimate of drug-likeness (QED) is 0.812. The van der Waals surface area contributed by atoms with Gasteiger partial charge in [-0.05, 0) is 34.0 Å². The summed E-state index contributed by atoms with van der Waals surface area (Å²) in [6.45, 7) is 2.99. The van der Waals surface area contributed by atoms with Crippen LogP contribution in [0.2, 0.25) is 0 Å². The number of unbranched alkanes of at least 4 members (excludes halogenated alkanes) is 2. The van der Waals surface area contributed by atoms with Gasteiger partial charge < -0.3 is 10.5 Å². The maximum atomic E-state index is 13.7. The van der Waals surface area contributed by atoms with E-state index in [2.05, 4.69) is 22.9 Å². The Balaban J connectivity index is 2.64. The van der Waals surface area contributed by atoms with E-state index < -0.39 is 0 Å². The lowest BCUT2D eigenvalue weighted by Crippen LogP contribution is -2.03. The van der Waals surface area contributed by atoms with E-state index in [0.717, 1.165) is 24.8 Å². The highest BCUT2D eigenvalue weighted by atomic mass is 79.9. The number of nitrogens with two attached hydrogens (primary N) is 1. The molecule has 0 saturated carbocycles. The molecule has 2 N–H and O–H groups in total. The fourth-order valence-electron chi connectivity index (χ4n) is 1.38. The molecule has 0 atom stereocenters. The van der Waals surface area contributed by atoms with Gasteiger partial charge >= 0.3 is 0 Å². The standard InChI is InChI=1S/C12H17BrFNO/c1-2-3-4-7-16-10-6-5-9(8-15)11(13)12(10)14/h5-6H,2-4,7-8,15H2,1H3. The lowest BCUT2D eigenvalue weighted by molar-refractivity contribution is 0.291. The minimum atomic E-state index is -0.362. The SMILES string of the molecule is CCCCCOc1ccc(CN)c(Br)c1F. The van der Waals surface area contributed by atoms with Gasteiger partial charge in [0.25, 0.3) is 0 Å². The van der Waals surface area contributed by atoms with E-state index in [0.29, 0.717) is 23.4 Å². The van der Waals surface area contributed by atoms with Crippen LogP contribution in [0.15, 0.2) is 16.6 Å². The van der Waals surface area contributed by atoms with E-state index in [4.69, 9.17) is 10.5 Å². The zero-order valence-corrected chi connectivity index (χ0v) is 11.0. The Hall–Kier alpha value is -0.610. The number of hydrogen-bond donors (Lipinski definition) is 1. The molecule has 16 heavy (non-hydrogen) atoms.